The second-order valence-electron chi connectivity index (χ2n) is 6.60. The van der Waals surface area contributed by atoms with Crippen molar-refractivity contribution in [2.24, 2.45) is 0 Å². The standard InChI is InChI=1S/C18H19N7O2S/c1-8-9(2)19-16-23-18(24-25(16)10(8)3)28-11(4)15(26)20-12-5-6-13-14(7-12)22-17(27)21-13/h5-7,11H,1-4H3,(H,20,26)(H2,21,22,27)/t11-/m0/s1. The number of aromatic amines is 2. The van der Waals surface area contributed by atoms with E-state index in [0.717, 1.165) is 17.0 Å². The molecule has 10 heteroatoms. The molecule has 9 nitrogen and oxygen atoms in total. The van der Waals surface area contributed by atoms with Gasteiger partial charge in [-0.1, -0.05) is 11.8 Å². The van der Waals surface area contributed by atoms with Crippen molar-refractivity contribution in [3.05, 3.63) is 45.6 Å². The molecule has 3 heterocycles. The fourth-order valence-corrected chi connectivity index (χ4v) is 3.60. The number of carbonyl (C=O) groups excluding carboxylic acids is 1. The monoisotopic (exact) mass is 397 g/mol. The average Bonchev–Trinajstić information content (AvgIpc) is 3.21. The lowest BCUT2D eigenvalue weighted by molar-refractivity contribution is -0.115. The molecule has 0 fully saturated rings. The predicted octanol–water partition coefficient (Wildman–Crippen LogP) is 2.34. The first-order valence-electron chi connectivity index (χ1n) is 8.72. The number of thioether (sulfide) groups is 1. The lowest BCUT2D eigenvalue weighted by atomic mass is 10.2. The number of carbonyl (C=O) groups is 1. The summed E-state index contributed by atoms with van der Waals surface area (Å²) in [5.41, 5.74) is 4.61. The van der Waals surface area contributed by atoms with Crippen LogP contribution in [0.1, 0.15) is 23.9 Å². The molecular formula is C18H19N7O2S. The molecule has 3 aromatic heterocycles. The minimum Gasteiger partial charge on any atom is -0.325 e. The summed E-state index contributed by atoms with van der Waals surface area (Å²) in [5.74, 6) is 0.343. The fraction of sp³-hybridized carbons (Fsp3) is 0.278. The quantitative estimate of drug-likeness (QED) is 0.455. The van der Waals surface area contributed by atoms with Crippen molar-refractivity contribution in [3.63, 3.8) is 0 Å². The second kappa shape index (κ2) is 6.79. The van der Waals surface area contributed by atoms with E-state index in [9.17, 15) is 9.59 Å². The Hall–Kier alpha value is -3.14. The van der Waals surface area contributed by atoms with Crippen molar-refractivity contribution in [2.45, 2.75) is 38.1 Å². The van der Waals surface area contributed by atoms with Crippen molar-refractivity contribution in [3.8, 4) is 0 Å². The molecule has 1 aromatic carbocycles. The first kappa shape index (κ1) is 18.2. The van der Waals surface area contributed by atoms with Gasteiger partial charge in [-0.2, -0.15) is 4.98 Å². The predicted molar refractivity (Wildman–Crippen MR) is 108 cm³/mol. The SMILES string of the molecule is Cc1nc2nc(S[C@@H](C)C(=O)Nc3ccc4[nH]c(=O)[nH]c4c3)nn2c(C)c1C. The van der Waals surface area contributed by atoms with Crippen LogP contribution in [-0.4, -0.2) is 40.7 Å². The zero-order valence-corrected chi connectivity index (χ0v) is 16.6. The zero-order chi connectivity index (χ0) is 20.0. The molecule has 4 aromatic rings. The van der Waals surface area contributed by atoms with Crippen LogP contribution < -0.4 is 11.0 Å². The van der Waals surface area contributed by atoms with Crippen LogP contribution in [0, 0.1) is 20.8 Å². The normalized spacial score (nSPS) is 12.6. The highest BCUT2D eigenvalue weighted by atomic mass is 32.2. The van der Waals surface area contributed by atoms with Gasteiger partial charge in [0, 0.05) is 17.1 Å². The van der Waals surface area contributed by atoms with E-state index in [2.05, 4.69) is 30.4 Å². The van der Waals surface area contributed by atoms with Gasteiger partial charge in [-0.3, -0.25) is 4.79 Å². The molecule has 0 saturated heterocycles. The minimum atomic E-state index is -0.416. The number of imidazole rings is 1. The zero-order valence-electron chi connectivity index (χ0n) is 15.8. The van der Waals surface area contributed by atoms with Crippen LogP contribution in [0.4, 0.5) is 5.69 Å². The van der Waals surface area contributed by atoms with E-state index in [1.807, 2.05) is 20.8 Å². The molecule has 1 atom stereocenters. The molecule has 0 spiro atoms. The van der Waals surface area contributed by atoms with E-state index in [1.54, 1.807) is 29.6 Å². The van der Waals surface area contributed by atoms with Gasteiger partial charge in [0.05, 0.1) is 16.3 Å². The summed E-state index contributed by atoms with van der Waals surface area (Å²) in [5, 5.41) is 7.40. The first-order valence-corrected chi connectivity index (χ1v) is 9.60. The molecule has 144 valence electrons. The van der Waals surface area contributed by atoms with Crippen LogP contribution in [0.3, 0.4) is 0 Å². The van der Waals surface area contributed by atoms with Gasteiger partial charge >= 0.3 is 5.69 Å². The van der Waals surface area contributed by atoms with E-state index in [0.29, 0.717) is 27.7 Å². The average molecular weight is 397 g/mol. The van der Waals surface area contributed by atoms with Gasteiger partial charge in [-0.15, -0.1) is 5.10 Å². The third-order valence-corrected chi connectivity index (χ3v) is 5.63. The first-order chi connectivity index (χ1) is 13.3. The molecule has 4 rings (SSSR count). The summed E-state index contributed by atoms with van der Waals surface area (Å²) in [6.07, 6.45) is 0. The largest absolute Gasteiger partial charge is 0.325 e. The van der Waals surface area contributed by atoms with Gasteiger partial charge in [0.15, 0.2) is 0 Å². The summed E-state index contributed by atoms with van der Waals surface area (Å²) >= 11 is 1.27. The smallest absolute Gasteiger partial charge is 0.323 e. The third-order valence-electron chi connectivity index (χ3n) is 4.68. The molecule has 0 aliphatic heterocycles. The summed E-state index contributed by atoms with van der Waals surface area (Å²) in [4.78, 5) is 38.1. The number of H-pyrrole nitrogens is 2. The molecule has 1 amide bonds. The molecule has 0 unspecified atom stereocenters. The Morgan fingerprint density at radius 2 is 1.93 bits per heavy atom. The number of benzene rings is 1. The fourth-order valence-electron chi connectivity index (χ4n) is 2.85. The van der Waals surface area contributed by atoms with Gasteiger partial charge in [0.1, 0.15) is 0 Å². The number of nitrogens with one attached hydrogen (secondary N) is 3. The highest BCUT2D eigenvalue weighted by Crippen LogP contribution is 2.23. The van der Waals surface area contributed by atoms with E-state index in [4.69, 9.17) is 0 Å². The lowest BCUT2D eigenvalue weighted by Crippen LogP contribution is -2.22. The highest BCUT2D eigenvalue weighted by molar-refractivity contribution is 8.00. The highest BCUT2D eigenvalue weighted by Gasteiger charge is 2.19. The van der Waals surface area contributed by atoms with Gasteiger partial charge in [-0.25, -0.2) is 14.3 Å². The number of hydrogen-bond acceptors (Lipinski definition) is 6. The Balaban J connectivity index is 1.51. The summed E-state index contributed by atoms with van der Waals surface area (Å²) in [7, 11) is 0. The van der Waals surface area contributed by atoms with Gasteiger partial charge in [-0.05, 0) is 51.5 Å². The number of aryl methyl sites for hydroxylation is 2. The molecule has 28 heavy (non-hydrogen) atoms. The van der Waals surface area contributed by atoms with Crippen LogP contribution in [0.15, 0.2) is 28.2 Å². The number of amides is 1. The molecule has 0 aliphatic carbocycles. The summed E-state index contributed by atoms with van der Waals surface area (Å²) in [6.45, 7) is 7.70. The maximum absolute atomic E-state index is 12.6. The van der Waals surface area contributed by atoms with Crippen LogP contribution in [0.25, 0.3) is 16.8 Å². The Morgan fingerprint density at radius 3 is 2.71 bits per heavy atom. The van der Waals surface area contributed by atoms with Crippen LogP contribution in [0.2, 0.25) is 0 Å². The van der Waals surface area contributed by atoms with Crippen molar-refractivity contribution < 1.29 is 4.79 Å². The van der Waals surface area contributed by atoms with Gasteiger partial charge < -0.3 is 15.3 Å². The molecule has 3 N–H and O–H groups in total. The Kier molecular flexibility index (Phi) is 4.42. The van der Waals surface area contributed by atoms with Crippen molar-refractivity contribution >= 4 is 40.2 Å². The molecule has 0 radical (unpaired) electrons. The van der Waals surface area contributed by atoms with Crippen LogP contribution in [0.5, 0.6) is 0 Å². The maximum atomic E-state index is 12.6. The minimum absolute atomic E-state index is 0.182. The molecule has 0 bridgehead atoms. The summed E-state index contributed by atoms with van der Waals surface area (Å²) < 4.78 is 1.70. The third kappa shape index (κ3) is 3.26. The van der Waals surface area contributed by atoms with E-state index >= 15 is 0 Å². The van der Waals surface area contributed by atoms with Gasteiger partial charge in [0.25, 0.3) is 5.78 Å². The molecule has 0 aliphatic rings. The number of aromatic nitrogens is 6. The topological polar surface area (TPSA) is 121 Å². The Bertz CT molecular complexity index is 1270. The number of anilines is 1. The number of fused-ring (bicyclic) bond motifs is 2. The van der Waals surface area contributed by atoms with E-state index in [-0.39, 0.29) is 11.6 Å². The Labute approximate surface area is 164 Å². The van der Waals surface area contributed by atoms with E-state index < -0.39 is 5.25 Å². The van der Waals surface area contributed by atoms with E-state index in [1.165, 1.54) is 11.8 Å². The molecule has 0 saturated carbocycles. The maximum Gasteiger partial charge on any atom is 0.323 e. The lowest BCUT2D eigenvalue weighted by Gasteiger charge is -2.10. The number of hydrogen-bond donors (Lipinski definition) is 3. The van der Waals surface area contributed by atoms with Crippen LogP contribution >= 0.6 is 11.8 Å². The van der Waals surface area contributed by atoms with Crippen molar-refractivity contribution in [1.82, 2.24) is 29.5 Å². The van der Waals surface area contributed by atoms with Gasteiger partial charge in [0.2, 0.25) is 11.1 Å². The van der Waals surface area contributed by atoms with Crippen molar-refractivity contribution in [2.75, 3.05) is 5.32 Å². The Morgan fingerprint density at radius 1 is 1.18 bits per heavy atom. The summed E-state index contributed by atoms with van der Waals surface area (Å²) in [6, 6.07) is 5.19. The van der Waals surface area contributed by atoms with Crippen LogP contribution in [-0.2, 0) is 4.79 Å². The van der Waals surface area contributed by atoms with Crippen molar-refractivity contribution in [1.29, 1.82) is 0 Å². The number of nitrogens with zero attached hydrogens (tertiary/aromatic N) is 4. The number of rotatable bonds is 4. The second-order valence-corrected chi connectivity index (χ2v) is 7.91. The molecular weight excluding hydrogens is 378 g/mol.